The molecule has 0 saturated heterocycles. The van der Waals surface area contributed by atoms with Gasteiger partial charge in [0, 0.05) is 31.6 Å². The molecule has 0 spiro atoms. The van der Waals surface area contributed by atoms with E-state index in [9.17, 15) is 14.9 Å². The molecular weight excluding hydrogens is 472 g/mol. The molecule has 1 amide bonds. The van der Waals surface area contributed by atoms with Crippen molar-refractivity contribution in [2.24, 2.45) is 0 Å². The standard InChI is InChI=1S/C27H26N6O4/c1-36-17-22(19-8-6-18(7-9-19)16-33-12-4-3-5-25(33)34)26-21(14-30-32-26)27(35)29-15-23-20(13-28)10-11-24(31-23)37-2/h3-12,14,22H,15-17H2,1-2H3,(H,29,35)(H,30,32). The van der Waals surface area contributed by atoms with Gasteiger partial charge in [0.1, 0.15) is 6.07 Å². The fraction of sp³-hybridized carbons (Fsp3) is 0.222. The zero-order chi connectivity index (χ0) is 26.2. The number of carbonyl (C=O) groups excluding carboxylic acids is 1. The first-order chi connectivity index (χ1) is 18.0. The normalized spacial score (nSPS) is 11.5. The molecule has 3 heterocycles. The van der Waals surface area contributed by atoms with Crippen LogP contribution < -0.4 is 15.6 Å². The topological polar surface area (TPSA) is 135 Å². The molecule has 0 aliphatic carbocycles. The third kappa shape index (κ3) is 5.91. The first-order valence-electron chi connectivity index (χ1n) is 11.5. The number of rotatable bonds is 10. The van der Waals surface area contributed by atoms with Crippen molar-refractivity contribution in [3.8, 4) is 11.9 Å². The SMILES string of the molecule is COCC(c1ccc(Cn2ccccc2=O)cc1)c1n[nH]cc1C(=O)NCc1nc(OC)ccc1C#N. The van der Waals surface area contributed by atoms with E-state index >= 15 is 0 Å². The quantitative estimate of drug-likeness (QED) is 0.343. The molecule has 4 rings (SSSR count). The molecule has 1 aromatic carbocycles. The van der Waals surface area contributed by atoms with E-state index in [0.717, 1.165) is 11.1 Å². The van der Waals surface area contributed by atoms with Crippen LogP contribution in [0.4, 0.5) is 0 Å². The second-order valence-electron chi connectivity index (χ2n) is 8.24. The van der Waals surface area contributed by atoms with Crippen LogP contribution in [0.25, 0.3) is 0 Å². The lowest BCUT2D eigenvalue weighted by molar-refractivity contribution is 0.0948. The number of aromatic amines is 1. The monoisotopic (exact) mass is 498 g/mol. The van der Waals surface area contributed by atoms with Crippen molar-refractivity contribution in [1.82, 2.24) is 25.1 Å². The number of hydrogen-bond donors (Lipinski definition) is 2. The summed E-state index contributed by atoms with van der Waals surface area (Å²) in [5.74, 6) is -0.318. The first-order valence-corrected chi connectivity index (χ1v) is 11.5. The molecule has 0 fully saturated rings. The first kappa shape index (κ1) is 25.3. The summed E-state index contributed by atoms with van der Waals surface area (Å²) in [6.07, 6.45) is 3.28. The van der Waals surface area contributed by atoms with E-state index in [0.29, 0.717) is 41.5 Å². The molecule has 188 valence electrons. The van der Waals surface area contributed by atoms with Gasteiger partial charge in [0.25, 0.3) is 11.5 Å². The summed E-state index contributed by atoms with van der Waals surface area (Å²) in [5, 5.41) is 19.3. The number of nitrogens with one attached hydrogen (secondary N) is 2. The summed E-state index contributed by atoms with van der Waals surface area (Å²) < 4.78 is 12.2. The number of carbonyl (C=O) groups is 1. The van der Waals surface area contributed by atoms with E-state index in [1.54, 1.807) is 36.1 Å². The molecule has 4 aromatic rings. The average molecular weight is 499 g/mol. The molecular formula is C27H26N6O4. The fourth-order valence-corrected chi connectivity index (χ4v) is 3.98. The maximum Gasteiger partial charge on any atom is 0.255 e. The van der Waals surface area contributed by atoms with Crippen molar-refractivity contribution in [3.05, 3.63) is 111 Å². The molecule has 10 heteroatoms. The van der Waals surface area contributed by atoms with Crippen LogP contribution in [0.3, 0.4) is 0 Å². The Morgan fingerprint density at radius 3 is 2.68 bits per heavy atom. The van der Waals surface area contributed by atoms with Crippen molar-refractivity contribution in [2.45, 2.75) is 19.0 Å². The number of ether oxygens (including phenoxy) is 2. The van der Waals surface area contributed by atoms with Crippen LogP contribution in [-0.2, 0) is 17.8 Å². The van der Waals surface area contributed by atoms with Gasteiger partial charge in [0.05, 0.1) is 55.2 Å². The second kappa shape index (κ2) is 11.8. The molecule has 10 nitrogen and oxygen atoms in total. The van der Waals surface area contributed by atoms with Gasteiger partial charge in [0.2, 0.25) is 5.88 Å². The summed E-state index contributed by atoms with van der Waals surface area (Å²) >= 11 is 0. The summed E-state index contributed by atoms with van der Waals surface area (Å²) in [4.78, 5) is 29.4. The third-order valence-electron chi connectivity index (χ3n) is 5.91. The van der Waals surface area contributed by atoms with Crippen molar-refractivity contribution < 1.29 is 14.3 Å². The molecule has 0 aliphatic rings. The highest BCUT2D eigenvalue weighted by Gasteiger charge is 2.24. The smallest absolute Gasteiger partial charge is 0.255 e. The second-order valence-corrected chi connectivity index (χ2v) is 8.24. The maximum absolute atomic E-state index is 13.1. The number of methoxy groups -OCH3 is 2. The molecule has 2 N–H and O–H groups in total. The van der Waals surface area contributed by atoms with E-state index in [2.05, 4.69) is 26.6 Å². The van der Waals surface area contributed by atoms with Crippen LogP contribution in [0.15, 0.2) is 71.8 Å². The number of H-pyrrole nitrogens is 1. The van der Waals surface area contributed by atoms with Crippen molar-refractivity contribution in [3.63, 3.8) is 0 Å². The highest BCUT2D eigenvalue weighted by Crippen LogP contribution is 2.27. The van der Waals surface area contributed by atoms with Crippen LogP contribution in [0, 0.1) is 11.3 Å². The number of hydrogen-bond acceptors (Lipinski definition) is 7. The van der Waals surface area contributed by atoms with Gasteiger partial charge < -0.3 is 19.4 Å². The minimum Gasteiger partial charge on any atom is -0.481 e. The van der Waals surface area contributed by atoms with Gasteiger partial charge in [-0.25, -0.2) is 4.98 Å². The van der Waals surface area contributed by atoms with Crippen molar-refractivity contribution >= 4 is 5.91 Å². The molecule has 3 aromatic heterocycles. The zero-order valence-corrected chi connectivity index (χ0v) is 20.5. The Morgan fingerprint density at radius 1 is 1.16 bits per heavy atom. The number of benzene rings is 1. The van der Waals surface area contributed by atoms with E-state index in [-0.39, 0.29) is 23.9 Å². The largest absolute Gasteiger partial charge is 0.481 e. The van der Waals surface area contributed by atoms with Gasteiger partial charge in [-0.05, 0) is 23.3 Å². The zero-order valence-electron chi connectivity index (χ0n) is 20.5. The van der Waals surface area contributed by atoms with Gasteiger partial charge in [-0.2, -0.15) is 10.4 Å². The lowest BCUT2D eigenvalue weighted by Gasteiger charge is -2.17. The van der Waals surface area contributed by atoms with E-state index in [1.165, 1.54) is 19.4 Å². The highest BCUT2D eigenvalue weighted by molar-refractivity contribution is 5.95. The van der Waals surface area contributed by atoms with Gasteiger partial charge in [-0.1, -0.05) is 30.3 Å². The summed E-state index contributed by atoms with van der Waals surface area (Å²) in [6.45, 7) is 0.804. The maximum atomic E-state index is 13.1. The fourth-order valence-electron chi connectivity index (χ4n) is 3.98. The van der Waals surface area contributed by atoms with E-state index < -0.39 is 0 Å². The van der Waals surface area contributed by atoms with Crippen molar-refractivity contribution in [2.75, 3.05) is 20.8 Å². The number of nitriles is 1. The average Bonchev–Trinajstić information content (AvgIpc) is 3.42. The summed E-state index contributed by atoms with van der Waals surface area (Å²) in [6, 6.07) is 18.1. The van der Waals surface area contributed by atoms with Crippen molar-refractivity contribution in [1.29, 1.82) is 5.26 Å². The highest BCUT2D eigenvalue weighted by atomic mass is 16.5. The number of nitrogens with zero attached hydrogens (tertiary/aromatic N) is 4. The van der Waals surface area contributed by atoms with Crippen LogP contribution >= 0.6 is 0 Å². The van der Waals surface area contributed by atoms with Gasteiger partial charge >= 0.3 is 0 Å². The lowest BCUT2D eigenvalue weighted by Crippen LogP contribution is -2.25. The molecule has 0 aliphatic heterocycles. The predicted molar refractivity (Wildman–Crippen MR) is 135 cm³/mol. The Balaban J connectivity index is 1.53. The molecule has 0 saturated carbocycles. The predicted octanol–water partition coefficient (Wildman–Crippen LogP) is 2.60. The molecule has 1 atom stereocenters. The number of amides is 1. The van der Waals surface area contributed by atoms with E-state index in [4.69, 9.17) is 9.47 Å². The molecule has 1 unspecified atom stereocenters. The summed E-state index contributed by atoms with van der Waals surface area (Å²) in [7, 11) is 3.08. The van der Waals surface area contributed by atoms with Crippen LogP contribution in [0.2, 0.25) is 0 Å². The Labute approximate surface area is 213 Å². The number of aromatic nitrogens is 4. The van der Waals surface area contributed by atoms with E-state index in [1.807, 2.05) is 30.3 Å². The van der Waals surface area contributed by atoms with Gasteiger partial charge in [-0.15, -0.1) is 0 Å². The third-order valence-corrected chi connectivity index (χ3v) is 5.91. The molecule has 37 heavy (non-hydrogen) atoms. The Bertz CT molecular complexity index is 1470. The van der Waals surface area contributed by atoms with Gasteiger partial charge in [0.15, 0.2) is 0 Å². The minimum atomic E-state index is -0.363. The van der Waals surface area contributed by atoms with Gasteiger partial charge in [-0.3, -0.25) is 14.7 Å². The minimum absolute atomic E-state index is 0.0477. The van der Waals surface area contributed by atoms with Crippen LogP contribution in [0.1, 0.15) is 44.4 Å². The Kier molecular flexibility index (Phi) is 8.08. The number of pyridine rings is 2. The van der Waals surface area contributed by atoms with Crippen LogP contribution in [-0.4, -0.2) is 46.5 Å². The lowest BCUT2D eigenvalue weighted by atomic mass is 9.93. The Morgan fingerprint density at radius 2 is 1.97 bits per heavy atom. The van der Waals surface area contributed by atoms with Crippen LogP contribution in [0.5, 0.6) is 5.88 Å². The molecule has 0 radical (unpaired) electrons. The molecule has 0 bridgehead atoms. The Hall–Kier alpha value is -4.75. The summed E-state index contributed by atoms with van der Waals surface area (Å²) in [5.41, 5.74) is 3.46.